The van der Waals surface area contributed by atoms with Gasteiger partial charge in [-0.3, -0.25) is 9.59 Å². The second-order valence-electron chi connectivity index (χ2n) is 4.96. The molecule has 1 aromatic carbocycles. The van der Waals surface area contributed by atoms with Crippen LogP contribution < -0.4 is 0 Å². The molecule has 1 amide bonds. The number of benzene rings is 1. The summed E-state index contributed by atoms with van der Waals surface area (Å²) in [5.74, 6) is -0.257. The van der Waals surface area contributed by atoms with Crippen molar-refractivity contribution in [3.05, 3.63) is 30.3 Å². The van der Waals surface area contributed by atoms with Crippen molar-refractivity contribution in [3.63, 3.8) is 0 Å². The maximum Gasteiger partial charge on any atom is 0.319 e. The topological polar surface area (TPSA) is 46.6 Å². The number of esters is 1. The van der Waals surface area contributed by atoms with Crippen LogP contribution in [0.1, 0.15) is 26.2 Å². The first-order valence-electron chi connectivity index (χ1n) is 7.37. The molecule has 1 saturated heterocycles. The monoisotopic (exact) mass is 307 g/mol. The van der Waals surface area contributed by atoms with Gasteiger partial charge in [-0.15, -0.1) is 11.8 Å². The third-order valence-corrected chi connectivity index (χ3v) is 4.58. The Labute approximate surface area is 129 Å². The number of hydrogen-bond donors (Lipinski definition) is 0. The van der Waals surface area contributed by atoms with Gasteiger partial charge in [0.05, 0.1) is 6.61 Å². The molecule has 1 atom stereocenters. The lowest BCUT2D eigenvalue weighted by Crippen LogP contribution is -2.33. The minimum Gasteiger partial charge on any atom is -0.465 e. The first-order chi connectivity index (χ1) is 10.2. The van der Waals surface area contributed by atoms with Crippen molar-refractivity contribution in [1.29, 1.82) is 0 Å². The Morgan fingerprint density at radius 2 is 1.90 bits per heavy atom. The van der Waals surface area contributed by atoms with E-state index in [9.17, 15) is 9.59 Å². The molecule has 0 saturated carbocycles. The molecule has 0 aliphatic carbocycles. The Kier molecular flexibility index (Phi) is 6.11. The Hall–Kier alpha value is -1.49. The van der Waals surface area contributed by atoms with Gasteiger partial charge in [-0.2, -0.15) is 0 Å². The Morgan fingerprint density at radius 3 is 2.52 bits per heavy atom. The molecule has 0 N–H and O–H groups in total. The molecule has 1 aromatic rings. The van der Waals surface area contributed by atoms with Gasteiger partial charge in [-0.25, -0.2) is 0 Å². The minimum absolute atomic E-state index is 0.0500. The lowest BCUT2D eigenvalue weighted by molar-refractivity contribution is -0.144. The van der Waals surface area contributed by atoms with Gasteiger partial charge in [0.25, 0.3) is 0 Å². The van der Waals surface area contributed by atoms with Crippen molar-refractivity contribution >= 4 is 23.6 Å². The number of carbonyl (C=O) groups excluding carboxylic acids is 2. The van der Waals surface area contributed by atoms with Gasteiger partial charge in [-0.1, -0.05) is 18.2 Å². The predicted octanol–water partition coefficient (Wildman–Crippen LogP) is 2.72. The molecular formula is C16H21NO3S. The van der Waals surface area contributed by atoms with E-state index in [1.54, 1.807) is 6.92 Å². The Morgan fingerprint density at radius 1 is 1.24 bits per heavy atom. The molecule has 1 fully saturated rings. The fourth-order valence-electron chi connectivity index (χ4n) is 2.33. The van der Waals surface area contributed by atoms with E-state index in [0.29, 0.717) is 6.61 Å². The van der Waals surface area contributed by atoms with Crippen molar-refractivity contribution in [1.82, 2.24) is 4.90 Å². The van der Waals surface area contributed by atoms with E-state index in [4.69, 9.17) is 4.74 Å². The molecule has 114 valence electrons. The normalized spacial score (nSPS) is 15.8. The number of hydrogen-bond acceptors (Lipinski definition) is 4. The Balaban J connectivity index is 2.01. The molecule has 0 radical (unpaired) electrons. The van der Waals surface area contributed by atoms with E-state index in [2.05, 4.69) is 0 Å². The zero-order valence-electron chi connectivity index (χ0n) is 12.3. The average molecular weight is 307 g/mol. The summed E-state index contributed by atoms with van der Waals surface area (Å²) in [4.78, 5) is 27.2. The van der Waals surface area contributed by atoms with Gasteiger partial charge in [0.2, 0.25) is 5.91 Å². The summed E-state index contributed by atoms with van der Waals surface area (Å²) >= 11 is 1.40. The van der Waals surface area contributed by atoms with E-state index in [-0.39, 0.29) is 18.3 Å². The van der Waals surface area contributed by atoms with E-state index in [1.165, 1.54) is 11.8 Å². The molecule has 1 unspecified atom stereocenters. The molecular weight excluding hydrogens is 286 g/mol. The van der Waals surface area contributed by atoms with Crippen LogP contribution in [0.4, 0.5) is 0 Å². The SMILES string of the molecule is CCOC(=O)C(CC(=O)N1CCCC1)Sc1ccccc1. The first kappa shape index (κ1) is 15.9. The standard InChI is InChI=1S/C16H21NO3S/c1-2-20-16(19)14(21-13-8-4-3-5-9-13)12-15(18)17-10-6-7-11-17/h3-5,8-9,14H,2,6-7,10-12H2,1H3. The second-order valence-corrected chi connectivity index (χ2v) is 6.24. The van der Waals surface area contributed by atoms with Crippen LogP contribution in [0.5, 0.6) is 0 Å². The Bertz CT molecular complexity index is 472. The largest absolute Gasteiger partial charge is 0.465 e. The fourth-order valence-corrected chi connectivity index (χ4v) is 3.36. The highest BCUT2D eigenvalue weighted by Gasteiger charge is 2.28. The van der Waals surface area contributed by atoms with Gasteiger partial charge in [0.15, 0.2) is 0 Å². The molecule has 21 heavy (non-hydrogen) atoms. The minimum atomic E-state index is -0.472. The average Bonchev–Trinajstić information content (AvgIpc) is 3.02. The van der Waals surface area contributed by atoms with Gasteiger partial charge in [0, 0.05) is 24.4 Å². The highest BCUT2D eigenvalue weighted by Crippen LogP contribution is 2.27. The van der Waals surface area contributed by atoms with E-state index in [1.807, 2.05) is 35.2 Å². The highest BCUT2D eigenvalue weighted by atomic mass is 32.2. The molecule has 1 heterocycles. The highest BCUT2D eigenvalue weighted by molar-refractivity contribution is 8.00. The van der Waals surface area contributed by atoms with Crippen molar-refractivity contribution in [2.45, 2.75) is 36.3 Å². The fraction of sp³-hybridized carbons (Fsp3) is 0.500. The predicted molar refractivity (Wildman–Crippen MR) is 83.2 cm³/mol. The van der Waals surface area contributed by atoms with Crippen molar-refractivity contribution < 1.29 is 14.3 Å². The van der Waals surface area contributed by atoms with E-state index >= 15 is 0 Å². The first-order valence-corrected chi connectivity index (χ1v) is 8.24. The summed E-state index contributed by atoms with van der Waals surface area (Å²) in [6.07, 6.45) is 2.32. The number of rotatable bonds is 6. The van der Waals surface area contributed by atoms with Crippen LogP contribution in [0.2, 0.25) is 0 Å². The number of likely N-dealkylation sites (tertiary alicyclic amines) is 1. The smallest absolute Gasteiger partial charge is 0.319 e. The molecule has 0 bridgehead atoms. The molecule has 0 spiro atoms. The second kappa shape index (κ2) is 8.08. The van der Waals surface area contributed by atoms with Gasteiger partial charge >= 0.3 is 5.97 Å². The van der Waals surface area contributed by atoms with Gasteiger partial charge in [-0.05, 0) is 31.9 Å². The van der Waals surface area contributed by atoms with Crippen LogP contribution >= 0.6 is 11.8 Å². The zero-order chi connectivity index (χ0) is 15.1. The number of amides is 1. The third kappa shape index (κ3) is 4.77. The molecule has 1 aliphatic heterocycles. The third-order valence-electron chi connectivity index (χ3n) is 3.39. The molecule has 0 aromatic heterocycles. The van der Waals surface area contributed by atoms with Crippen molar-refractivity contribution in [3.8, 4) is 0 Å². The molecule has 4 nitrogen and oxygen atoms in total. The van der Waals surface area contributed by atoms with Crippen LogP contribution in [0.25, 0.3) is 0 Å². The number of thioether (sulfide) groups is 1. The van der Waals surface area contributed by atoms with Crippen molar-refractivity contribution in [2.75, 3.05) is 19.7 Å². The van der Waals surface area contributed by atoms with Crippen LogP contribution in [-0.2, 0) is 14.3 Å². The lowest BCUT2D eigenvalue weighted by atomic mass is 10.2. The maximum atomic E-state index is 12.3. The van der Waals surface area contributed by atoms with E-state index < -0.39 is 5.25 Å². The van der Waals surface area contributed by atoms with Crippen LogP contribution in [0.3, 0.4) is 0 Å². The zero-order valence-corrected chi connectivity index (χ0v) is 13.1. The molecule has 5 heteroatoms. The van der Waals surface area contributed by atoms with Crippen LogP contribution in [-0.4, -0.2) is 41.7 Å². The number of ether oxygens (including phenoxy) is 1. The maximum absolute atomic E-state index is 12.3. The quantitative estimate of drug-likeness (QED) is 0.599. The van der Waals surface area contributed by atoms with Crippen LogP contribution in [0.15, 0.2) is 35.2 Å². The summed E-state index contributed by atoms with van der Waals surface area (Å²) in [6.45, 7) is 3.74. The summed E-state index contributed by atoms with van der Waals surface area (Å²) in [6, 6.07) is 9.66. The molecule has 1 aliphatic rings. The van der Waals surface area contributed by atoms with Gasteiger partial charge < -0.3 is 9.64 Å². The van der Waals surface area contributed by atoms with Crippen molar-refractivity contribution in [2.24, 2.45) is 0 Å². The summed E-state index contributed by atoms with van der Waals surface area (Å²) in [7, 11) is 0. The number of carbonyl (C=O) groups is 2. The summed E-state index contributed by atoms with van der Waals surface area (Å²) in [5.41, 5.74) is 0. The summed E-state index contributed by atoms with van der Waals surface area (Å²) in [5, 5.41) is -0.472. The van der Waals surface area contributed by atoms with Gasteiger partial charge in [0.1, 0.15) is 5.25 Å². The van der Waals surface area contributed by atoms with E-state index in [0.717, 1.165) is 30.8 Å². The number of nitrogens with zero attached hydrogens (tertiary/aromatic N) is 1. The molecule has 2 rings (SSSR count). The lowest BCUT2D eigenvalue weighted by Gasteiger charge is -2.19. The van der Waals surface area contributed by atoms with Crippen LogP contribution in [0, 0.1) is 0 Å². The summed E-state index contributed by atoms with van der Waals surface area (Å²) < 4.78 is 5.11.